The van der Waals surface area contributed by atoms with E-state index < -0.39 is 0 Å². The average Bonchev–Trinajstić information content (AvgIpc) is 2.51. The van der Waals surface area contributed by atoms with E-state index in [1.807, 2.05) is 44.1 Å². The highest BCUT2D eigenvalue weighted by Gasteiger charge is 2.08. The number of amides is 1. The summed E-state index contributed by atoms with van der Waals surface area (Å²) in [4.78, 5) is 13.9. The molecule has 0 aliphatic rings. The van der Waals surface area contributed by atoms with E-state index in [0.29, 0.717) is 18.1 Å². The number of nitrogens with zero attached hydrogens (tertiary/aromatic N) is 3. The SMILES string of the molecule is Cc1cc(Nc2ccc(C(=O)NCCN(C)C)nn2)ccc1Br. The summed E-state index contributed by atoms with van der Waals surface area (Å²) in [6, 6.07) is 9.32. The Morgan fingerprint density at radius 3 is 2.61 bits per heavy atom. The number of benzene rings is 1. The largest absolute Gasteiger partial charge is 0.349 e. The van der Waals surface area contributed by atoms with E-state index in [2.05, 4.69) is 36.8 Å². The van der Waals surface area contributed by atoms with Crippen molar-refractivity contribution >= 4 is 33.3 Å². The summed E-state index contributed by atoms with van der Waals surface area (Å²) >= 11 is 3.47. The first kappa shape index (κ1) is 17.4. The van der Waals surface area contributed by atoms with Gasteiger partial charge in [0.25, 0.3) is 5.91 Å². The van der Waals surface area contributed by atoms with E-state index in [4.69, 9.17) is 0 Å². The number of anilines is 2. The molecule has 2 N–H and O–H groups in total. The third-order valence-corrected chi connectivity index (χ3v) is 4.06. The van der Waals surface area contributed by atoms with E-state index in [9.17, 15) is 4.79 Å². The van der Waals surface area contributed by atoms with Gasteiger partial charge < -0.3 is 15.5 Å². The fourth-order valence-electron chi connectivity index (χ4n) is 1.87. The predicted octanol–water partition coefficient (Wildman–Crippen LogP) is 2.58. The monoisotopic (exact) mass is 377 g/mol. The fraction of sp³-hybridized carbons (Fsp3) is 0.312. The van der Waals surface area contributed by atoms with E-state index in [-0.39, 0.29) is 5.91 Å². The lowest BCUT2D eigenvalue weighted by atomic mass is 10.2. The van der Waals surface area contributed by atoms with Crippen LogP contribution in [-0.4, -0.2) is 48.2 Å². The number of aromatic nitrogens is 2. The summed E-state index contributed by atoms with van der Waals surface area (Å²) in [5.41, 5.74) is 2.35. The van der Waals surface area contributed by atoms with Crippen molar-refractivity contribution in [2.75, 3.05) is 32.5 Å². The summed E-state index contributed by atoms with van der Waals surface area (Å²) in [6.45, 7) is 3.37. The molecule has 2 rings (SSSR count). The first-order valence-corrected chi connectivity index (χ1v) is 8.05. The van der Waals surface area contributed by atoms with Crippen LogP contribution in [0.1, 0.15) is 16.1 Å². The van der Waals surface area contributed by atoms with Gasteiger partial charge in [-0.05, 0) is 56.9 Å². The Morgan fingerprint density at radius 2 is 2.00 bits per heavy atom. The highest BCUT2D eigenvalue weighted by atomic mass is 79.9. The van der Waals surface area contributed by atoms with Crippen LogP contribution < -0.4 is 10.6 Å². The number of aryl methyl sites for hydroxylation is 1. The Labute approximate surface area is 144 Å². The van der Waals surface area contributed by atoms with E-state index in [0.717, 1.165) is 22.3 Å². The van der Waals surface area contributed by atoms with Gasteiger partial charge in [-0.1, -0.05) is 15.9 Å². The minimum Gasteiger partial charge on any atom is -0.349 e. The standard InChI is InChI=1S/C16H20BrN5O/c1-11-10-12(4-5-13(11)17)19-15-7-6-14(20-21-15)16(23)18-8-9-22(2)3/h4-7,10H,8-9H2,1-3H3,(H,18,23)(H,19,21). The van der Waals surface area contributed by atoms with Crippen molar-refractivity contribution in [3.8, 4) is 0 Å². The van der Waals surface area contributed by atoms with E-state index >= 15 is 0 Å². The Morgan fingerprint density at radius 1 is 1.22 bits per heavy atom. The van der Waals surface area contributed by atoms with Crippen LogP contribution in [0.15, 0.2) is 34.8 Å². The van der Waals surface area contributed by atoms with Crippen LogP contribution in [-0.2, 0) is 0 Å². The maximum atomic E-state index is 11.9. The third-order valence-electron chi connectivity index (χ3n) is 3.17. The van der Waals surface area contributed by atoms with Gasteiger partial charge in [0, 0.05) is 23.2 Å². The van der Waals surface area contributed by atoms with Gasteiger partial charge in [-0.3, -0.25) is 4.79 Å². The van der Waals surface area contributed by atoms with Gasteiger partial charge in [-0.25, -0.2) is 0 Å². The molecule has 7 heteroatoms. The molecule has 0 bridgehead atoms. The van der Waals surface area contributed by atoms with Gasteiger partial charge in [-0.15, -0.1) is 10.2 Å². The summed E-state index contributed by atoms with van der Waals surface area (Å²) in [5.74, 6) is 0.377. The molecule has 1 heterocycles. The van der Waals surface area contributed by atoms with E-state index in [1.165, 1.54) is 0 Å². The van der Waals surface area contributed by atoms with Crippen LogP contribution in [0.4, 0.5) is 11.5 Å². The van der Waals surface area contributed by atoms with Crippen molar-refractivity contribution in [1.82, 2.24) is 20.4 Å². The molecule has 1 aromatic heterocycles. The second kappa shape index (κ2) is 8.03. The molecule has 0 aliphatic carbocycles. The lowest BCUT2D eigenvalue weighted by molar-refractivity contribution is 0.0945. The molecule has 0 unspecified atom stereocenters. The first-order valence-electron chi connectivity index (χ1n) is 7.25. The van der Waals surface area contributed by atoms with Crippen LogP contribution in [0.2, 0.25) is 0 Å². The fourth-order valence-corrected chi connectivity index (χ4v) is 2.12. The van der Waals surface area contributed by atoms with Gasteiger partial charge >= 0.3 is 0 Å². The zero-order chi connectivity index (χ0) is 16.8. The molecule has 0 fully saturated rings. The van der Waals surface area contributed by atoms with Crippen LogP contribution >= 0.6 is 15.9 Å². The first-order chi connectivity index (χ1) is 11.0. The van der Waals surface area contributed by atoms with Crippen molar-refractivity contribution in [3.63, 3.8) is 0 Å². The molecule has 0 saturated carbocycles. The predicted molar refractivity (Wildman–Crippen MR) is 95.1 cm³/mol. The number of carbonyl (C=O) groups excluding carboxylic acids is 1. The molecule has 1 amide bonds. The summed E-state index contributed by atoms with van der Waals surface area (Å²) < 4.78 is 1.05. The van der Waals surface area contributed by atoms with Crippen molar-refractivity contribution in [1.29, 1.82) is 0 Å². The molecular weight excluding hydrogens is 358 g/mol. The summed E-state index contributed by atoms with van der Waals surface area (Å²) in [5, 5.41) is 14.0. The minimum absolute atomic E-state index is 0.217. The van der Waals surface area contributed by atoms with Crippen LogP contribution in [0.5, 0.6) is 0 Å². The molecule has 23 heavy (non-hydrogen) atoms. The quantitative estimate of drug-likeness (QED) is 0.809. The van der Waals surface area contributed by atoms with Gasteiger partial charge in [0.15, 0.2) is 11.5 Å². The van der Waals surface area contributed by atoms with Gasteiger partial charge in [0.05, 0.1) is 0 Å². The second-order valence-electron chi connectivity index (χ2n) is 5.45. The number of carbonyl (C=O) groups is 1. The van der Waals surface area contributed by atoms with Crippen LogP contribution in [0, 0.1) is 6.92 Å². The van der Waals surface area contributed by atoms with Crippen LogP contribution in [0.25, 0.3) is 0 Å². The Kier molecular flexibility index (Phi) is 6.06. The van der Waals surface area contributed by atoms with Crippen molar-refractivity contribution in [3.05, 3.63) is 46.1 Å². The molecule has 0 atom stereocenters. The molecule has 1 aromatic carbocycles. The normalized spacial score (nSPS) is 10.7. The number of hydrogen-bond acceptors (Lipinski definition) is 5. The minimum atomic E-state index is -0.217. The molecule has 0 saturated heterocycles. The molecule has 0 spiro atoms. The zero-order valence-electron chi connectivity index (χ0n) is 13.4. The zero-order valence-corrected chi connectivity index (χ0v) is 15.0. The molecular formula is C16H20BrN5O. The average molecular weight is 378 g/mol. The Hall–Kier alpha value is -1.99. The summed E-state index contributed by atoms with van der Waals surface area (Å²) in [6.07, 6.45) is 0. The second-order valence-corrected chi connectivity index (χ2v) is 6.31. The molecule has 122 valence electrons. The molecule has 0 aliphatic heterocycles. The number of nitrogens with one attached hydrogen (secondary N) is 2. The number of rotatable bonds is 6. The maximum Gasteiger partial charge on any atom is 0.271 e. The third kappa shape index (κ3) is 5.30. The van der Waals surface area contributed by atoms with Crippen LogP contribution in [0.3, 0.4) is 0 Å². The molecule has 2 aromatic rings. The van der Waals surface area contributed by atoms with Gasteiger partial charge in [0.1, 0.15) is 0 Å². The topological polar surface area (TPSA) is 70.2 Å². The van der Waals surface area contributed by atoms with Crippen molar-refractivity contribution in [2.45, 2.75) is 6.92 Å². The number of likely N-dealkylation sites (N-methyl/N-ethyl adjacent to an activating group) is 1. The molecule has 0 radical (unpaired) electrons. The Bertz CT molecular complexity index is 673. The number of hydrogen-bond donors (Lipinski definition) is 2. The van der Waals surface area contributed by atoms with E-state index in [1.54, 1.807) is 12.1 Å². The number of halogens is 1. The van der Waals surface area contributed by atoms with Gasteiger partial charge in [-0.2, -0.15) is 0 Å². The smallest absolute Gasteiger partial charge is 0.271 e. The highest BCUT2D eigenvalue weighted by molar-refractivity contribution is 9.10. The lowest BCUT2D eigenvalue weighted by Gasteiger charge is -2.10. The maximum absolute atomic E-state index is 11.9. The van der Waals surface area contributed by atoms with Gasteiger partial charge in [0.2, 0.25) is 0 Å². The Balaban J connectivity index is 1.96. The van der Waals surface area contributed by atoms with Crippen molar-refractivity contribution < 1.29 is 4.79 Å². The summed E-state index contributed by atoms with van der Waals surface area (Å²) in [7, 11) is 3.91. The molecule has 6 nitrogen and oxygen atoms in total. The highest BCUT2D eigenvalue weighted by Crippen LogP contribution is 2.22. The lowest BCUT2D eigenvalue weighted by Crippen LogP contribution is -2.31. The van der Waals surface area contributed by atoms with Crippen molar-refractivity contribution in [2.24, 2.45) is 0 Å².